The molecule has 7 heteroatoms. The standard InChI is InChI=1S/C26H26N2O5/c1-19(29)23-18-22(15-16-24(23)28(31)32)33-17-9-14-25(30)27(2)26(20-10-5-3-6-11-20)21-12-7-4-8-13-21/h3-8,10-13,15-16,18,26H,9,14,17H2,1-2H3. The molecule has 1 amide bonds. The fraction of sp³-hybridized carbons (Fsp3) is 0.231. The quantitative estimate of drug-likeness (QED) is 0.185. The number of benzene rings is 3. The number of nitro benzene ring substituents is 1. The molecule has 170 valence electrons. The third-order valence-corrected chi connectivity index (χ3v) is 5.36. The summed E-state index contributed by atoms with van der Waals surface area (Å²) in [5.74, 6) is -0.0701. The zero-order valence-corrected chi connectivity index (χ0v) is 18.6. The van der Waals surface area contributed by atoms with E-state index in [0.29, 0.717) is 12.2 Å². The highest BCUT2D eigenvalue weighted by molar-refractivity contribution is 5.98. The van der Waals surface area contributed by atoms with Gasteiger partial charge in [0.25, 0.3) is 5.69 Å². The molecule has 0 aliphatic rings. The number of hydrogen-bond acceptors (Lipinski definition) is 5. The second-order valence-electron chi connectivity index (χ2n) is 7.67. The molecule has 0 bridgehead atoms. The van der Waals surface area contributed by atoms with E-state index >= 15 is 0 Å². The average molecular weight is 447 g/mol. The van der Waals surface area contributed by atoms with Crippen molar-refractivity contribution >= 4 is 17.4 Å². The van der Waals surface area contributed by atoms with Crippen LogP contribution in [0.15, 0.2) is 78.9 Å². The number of Topliss-reactive ketones (excluding diaryl/α,β-unsaturated/α-hetero) is 1. The molecule has 0 heterocycles. The SMILES string of the molecule is CC(=O)c1cc(OCCCC(=O)N(C)C(c2ccccc2)c2ccccc2)ccc1[N+](=O)[O-]. The van der Waals surface area contributed by atoms with Crippen LogP contribution in [0.5, 0.6) is 5.75 Å². The molecule has 0 radical (unpaired) electrons. The van der Waals surface area contributed by atoms with E-state index in [1.807, 2.05) is 60.7 Å². The number of rotatable bonds is 10. The van der Waals surface area contributed by atoms with Crippen molar-refractivity contribution in [2.24, 2.45) is 0 Å². The topological polar surface area (TPSA) is 89.8 Å². The van der Waals surface area contributed by atoms with Crippen molar-refractivity contribution in [1.29, 1.82) is 0 Å². The van der Waals surface area contributed by atoms with E-state index in [2.05, 4.69) is 0 Å². The van der Waals surface area contributed by atoms with Crippen molar-refractivity contribution in [3.8, 4) is 5.75 Å². The zero-order valence-electron chi connectivity index (χ0n) is 18.6. The Kier molecular flexibility index (Phi) is 7.91. The minimum Gasteiger partial charge on any atom is -0.494 e. The van der Waals surface area contributed by atoms with Crippen molar-refractivity contribution in [1.82, 2.24) is 4.90 Å². The molecular formula is C26H26N2O5. The smallest absolute Gasteiger partial charge is 0.280 e. The third kappa shape index (κ3) is 6.04. The molecule has 0 saturated carbocycles. The second-order valence-corrected chi connectivity index (χ2v) is 7.67. The summed E-state index contributed by atoms with van der Waals surface area (Å²) in [5, 5.41) is 11.1. The molecule has 3 rings (SSSR count). The highest BCUT2D eigenvalue weighted by atomic mass is 16.6. The lowest BCUT2D eigenvalue weighted by molar-refractivity contribution is -0.385. The highest BCUT2D eigenvalue weighted by Gasteiger charge is 2.23. The van der Waals surface area contributed by atoms with Gasteiger partial charge in [0.05, 0.1) is 23.1 Å². The maximum Gasteiger partial charge on any atom is 0.280 e. The fourth-order valence-corrected chi connectivity index (χ4v) is 3.69. The molecule has 0 aromatic heterocycles. The van der Waals surface area contributed by atoms with Crippen LogP contribution in [0.4, 0.5) is 5.69 Å². The molecule has 0 N–H and O–H groups in total. The number of hydrogen-bond donors (Lipinski definition) is 0. The first-order valence-electron chi connectivity index (χ1n) is 10.7. The number of nitro groups is 1. The van der Waals surface area contributed by atoms with E-state index in [9.17, 15) is 19.7 Å². The van der Waals surface area contributed by atoms with E-state index in [-0.39, 0.29) is 36.2 Å². The van der Waals surface area contributed by atoms with Gasteiger partial charge in [-0.1, -0.05) is 60.7 Å². The van der Waals surface area contributed by atoms with Crippen LogP contribution in [0.1, 0.15) is 47.3 Å². The first kappa shape index (κ1) is 23.7. The largest absolute Gasteiger partial charge is 0.494 e. The van der Waals surface area contributed by atoms with Gasteiger partial charge in [-0.2, -0.15) is 0 Å². The Morgan fingerprint density at radius 3 is 2.06 bits per heavy atom. The van der Waals surface area contributed by atoms with Crippen LogP contribution in [-0.2, 0) is 4.79 Å². The summed E-state index contributed by atoms with van der Waals surface area (Å²) in [6.45, 7) is 1.52. The molecule has 33 heavy (non-hydrogen) atoms. The average Bonchev–Trinajstić information content (AvgIpc) is 2.83. The predicted octanol–water partition coefficient (Wildman–Crippen LogP) is 5.20. The molecule has 3 aromatic rings. The molecule has 3 aromatic carbocycles. The normalized spacial score (nSPS) is 10.6. The Morgan fingerprint density at radius 1 is 0.970 bits per heavy atom. The number of ketones is 1. The molecule has 0 aliphatic carbocycles. The monoisotopic (exact) mass is 446 g/mol. The minimum absolute atomic E-state index is 0.00173. The van der Waals surface area contributed by atoms with Gasteiger partial charge in [0, 0.05) is 19.5 Å². The Balaban J connectivity index is 1.62. The molecule has 7 nitrogen and oxygen atoms in total. The second kappa shape index (κ2) is 11.0. The maximum atomic E-state index is 13.0. The van der Waals surface area contributed by atoms with Crippen molar-refractivity contribution < 1.29 is 19.2 Å². The van der Waals surface area contributed by atoms with Crippen molar-refractivity contribution in [3.63, 3.8) is 0 Å². The first-order valence-corrected chi connectivity index (χ1v) is 10.7. The van der Waals surface area contributed by atoms with Crippen LogP contribution < -0.4 is 4.74 Å². The van der Waals surface area contributed by atoms with Crippen molar-refractivity contribution in [2.75, 3.05) is 13.7 Å². The van der Waals surface area contributed by atoms with E-state index < -0.39 is 10.7 Å². The first-order chi connectivity index (χ1) is 15.9. The van der Waals surface area contributed by atoms with Gasteiger partial charge >= 0.3 is 0 Å². The number of carbonyl (C=O) groups is 2. The molecule has 0 fully saturated rings. The fourth-order valence-electron chi connectivity index (χ4n) is 3.69. The summed E-state index contributed by atoms with van der Waals surface area (Å²) in [4.78, 5) is 36.9. The van der Waals surface area contributed by atoms with Gasteiger partial charge < -0.3 is 9.64 Å². The van der Waals surface area contributed by atoms with E-state index in [4.69, 9.17) is 4.74 Å². The lowest BCUT2D eigenvalue weighted by atomic mass is 9.97. The van der Waals surface area contributed by atoms with E-state index in [1.165, 1.54) is 25.1 Å². The minimum atomic E-state index is -0.592. The van der Waals surface area contributed by atoms with Crippen LogP contribution in [0.25, 0.3) is 0 Å². The van der Waals surface area contributed by atoms with Crippen LogP contribution in [0.2, 0.25) is 0 Å². The predicted molar refractivity (Wildman–Crippen MR) is 125 cm³/mol. The van der Waals surface area contributed by atoms with E-state index in [1.54, 1.807) is 11.9 Å². The summed E-state index contributed by atoms with van der Waals surface area (Å²) in [7, 11) is 1.79. The third-order valence-electron chi connectivity index (χ3n) is 5.36. The van der Waals surface area contributed by atoms with Gasteiger partial charge in [-0.05, 0) is 36.6 Å². The summed E-state index contributed by atoms with van der Waals surface area (Å²) in [5.41, 5.74) is 1.80. The molecule has 0 unspecified atom stereocenters. The molecule has 0 aliphatic heterocycles. The lowest BCUT2D eigenvalue weighted by Crippen LogP contribution is -2.32. The Labute approximate surface area is 192 Å². The zero-order chi connectivity index (χ0) is 23.8. The Morgan fingerprint density at radius 2 is 1.55 bits per heavy atom. The molecule has 0 spiro atoms. The Bertz CT molecular complexity index is 1080. The summed E-state index contributed by atoms with van der Waals surface area (Å²) in [6, 6.07) is 23.6. The van der Waals surface area contributed by atoms with Crippen molar-refractivity contribution in [2.45, 2.75) is 25.8 Å². The molecule has 0 saturated heterocycles. The number of amides is 1. The summed E-state index contributed by atoms with van der Waals surface area (Å²) < 4.78 is 5.65. The van der Waals surface area contributed by atoms with Gasteiger partial charge in [-0.3, -0.25) is 19.7 Å². The summed E-state index contributed by atoms with van der Waals surface area (Å²) >= 11 is 0. The van der Waals surface area contributed by atoms with E-state index in [0.717, 1.165) is 11.1 Å². The van der Waals surface area contributed by atoms with Crippen molar-refractivity contribution in [3.05, 3.63) is 106 Å². The number of carbonyl (C=O) groups excluding carboxylic acids is 2. The van der Waals surface area contributed by atoms with Gasteiger partial charge in [0.1, 0.15) is 5.75 Å². The number of nitrogens with zero attached hydrogens (tertiary/aromatic N) is 2. The van der Waals surface area contributed by atoms with Crippen LogP contribution in [-0.4, -0.2) is 35.2 Å². The van der Waals surface area contributed by atoms with Gasteiger partial charge in [0.15, 0.2) is 5.78 Å². The van der Waals surface area contributed by atoms with Crippen LogP contribution in [0, 0.1) is 10.1 Å². The van der Waals surface area contributed by atoms with Gasteiger partial charge in [0.2, 0.25) is 5.91 Å². The van der Waals surface area contributed by atoms with Gasteiger partial charge in [-0.25, -0.2) is 0 Å². The molecule has 0 atom stereocenters. The van der Waals surface area contributed by atoms with Crippen LogP contribution >= 0.6 is 0 Å². The van der Waals surface area contributed by atoms with Gasteiger partial charge in [-0.15, -0.1) is 0 Å². The Hall–Kier alpha value is -4.00. The lowest BCUT2D eigenvalue weighted by Gasteiger charge is -2.29. The maximum absolute atomic E-state index is 13.0. The number of ether oxygens (including phenoxy) is 1. The highest BCUT2D eigenvalue weighted by Crippen LogP contribution is 2.28. The van der Waals surface area contributed by atoms with Crippen LogP contribution in [0.3, 0.4) is 0 Å². The summed E-state index contributed by atoms with van der Waals surface area (Å²) in [6.07, 6.45) is 0.741. The molecular weight excluding hydrogens is 420 g/mol.